The van der Waals surface area contributed by atoms with Crippen LogP contribution in [0.4, 0.5) is 5.69 Å². The molecule has 0 atom stereocenters. The predicted octanol–water partition coefficient (Wildman–Crippen LogP) is 2.97. The highest BCUT2D eigenvalue weighted by Crippen LogP contribution is 2.27. The Balaban J connectivity index is 2.13. The molecule has 2 heteroatoms. The molecule has 1 aromatic rings. The largest absolute Gasteiger partial charge is 0.497 e. The van der Waals surface area contributed by atoms with Crippen molar-refractivity contribution in [1.29, 1.82) is 0 Å². The number of ether oxygens (including phenoxy) is 1. The summed E-state index contributed by atoms with van der Waals surface area (Å²) in [6.07, 6.45) is 3.97. The summed E-state index contributed by atoms with van der Waals surface area (Å²) < 4.78 is 5.20. The van der Waals surface area contributed by atoms with Gasteiger partial charge in [-0.1, -0.05) is 6.07 Å². The fourth-order valence-electron chi connectivity index (χ4n) is 1.66. The van der Waals surface area contributed by atoms with E-state index in [4.69, 9.17) is 4.74 Å². The van der Waals surface area contributed by atoms with Crippen molar-refractivity contribution >= 4 is 5.69 Å². The first-order valence-electron chi connectivity index (χ1n) is 5.21. The van der Waals surface area contributed by atoms with Crippen molar-refractivity contribution in [2.45, 2.75) is 32.2 Å². The maximum absolute atomic E-state index is 5.20. The Hall–Kier alpha value is -1.18. The molecule has 0 saturated heterocycles. The first-order valence-corrected chi connectivity index (χ1v) is 5.21. The highest BCUT2D eigenvalue weighted by molar-refractivity contribution is 5.55. The van der Waals surface area contributed by atoms with E-state index in [1.165, 1.54) is 30.5 Å². The Kier molecular flexibility index (Phi) is 2.62. The fraction of sp³-hybridized carbons (Fsp3) is 0.500. The normalized spacial score (nSPS) is 16.1. The van der Waals surface area contributed by atoms with Crippen LogP contribution >= 0.6 is 0 Å². The Morgan fingerprint density at radius 1 is 1.36 bits per heavy atom. The predicted molar refractivity (Wildman–Crippen MR) is 59.0 cm³/mol. The van der Waals surface area contributed by atoms with E-state index in [1.807, 2.05) is 6.07 Å². The maximum Gasteiger partial charge on any atom is 0.120 e. The summed E-state index contributed by atoms with van der Waals surface area (Å²) in [7, 11) is 1.71. The van der Waals surface area contributed by atoms with E-state index in [0.717, 1.165) is 5.75 Å². The number of hydrogen-bond acceptors (Lipinski definition) is 2. The van der Waals surface area contributed by atoms with Gasteiger partial charge in [0, 0.05) is 17.8 Å². The van der Waals surface area contributed by atoms with E-state index >= 15 is 0 Å². The van der Waals surface area contributed by atoms with Crippen molar-refractivity contribution in [1.82, 2.24) is 0 Å². The molecule has 0 unspecified atom stereocenters. The van der Waals surface area contributed by atoms with Crippen molar-refractivity contribution in [3.05, 3.63) is 23.8 Å². The van der Waals surface area contributed by atoms with Crippen molar-refractivity contribution < 1.29 is 4.74 Å². The van der Waals surface area contributed by atoms with Crippen molar-refractivity contribution in [3.63, 3.8) is 0 Å². The highest BCUT2D eigenvalue weighted by Gasteiger charge is 2.17. The number of methoxy groups -OCH3 is 1. The standard InChI is InChI=1S/C12H17NO/c1-9-6-7-11(14-2)8-12(9)13-10-4-3-5-10/h6-8,10,13H,3-5H2,1-2H3. The summed E-state index contributed by atoms with van der Waals surface area (Å²) in [4.78, 5) is 0. The molecule has 0 aromatic heterocycles. The molecule has 0 spiro atoms. The molecular formula is C12H17NO. The Bertz CT molecular complexity index is 318. The SMILES string of the molecule is COc1ccc(C)c(NC2CCC2)c1. The maximum atomic E-state index is 5.20. The van der Waals surface area contributed by atoms with Gasteiger partial charge in [-0.15, -0.1) is 0 Å². The van der Waals surface area contributed by atoms with Crippen LogP contribution in [0.1, 0.15) is 24.8 Å². The lowest BCUT2D eigenvalue weighted by molar-refractivity contribution is 0.414. The number of benzene rings is 1. The van der Waals surface area contributed by atoms with Crippen molar-refractivity contribution in [2.24, 2.45) is 0 Å². The molecule has 1 aliphatic rings. The fourth-order valence-corrected chi connectivity index (χ4v) is 1.66. The zero-order valence-electron chi connectivity index (χ0n) is 8.84. The monoisotopic (exact) mass is 191 g/mol. The summed E-state index contributed by atoms with van der Waals surface area (Å²) in [5.41, 5.74) is 2.51. The third-order valence-electron chi connectivity index (χ3n) is 2.91. The lowest BCUT2D eigenvalue weighted by Crippen LogP contribution is -2.27. The summed E-state index contributed by atoms with van der Waals surface area (Å²) in [5, 5.41) is 3.54. The van der Waals surface area contributed by atoms with Gasteiger partial charge in [0.15, 0.2) is 0 Å². The van der Waals surface area contributed by atoms with Crippen LogP contribution in [0.3, 0.4) is 0 Å². The molecule has 0 radical (unpaired) electrons. The smallest absolute Gasteiger partial charge is 0.120 e. The molecule has 1 fully saturated rings. The van der Waals surface area contributed by atoms with E-state index in [2.05, 4.69) is 24.4 Å². The summed E-state index contributed by atoms with van der Waals surface area (Å²) in [6, 6.07) is 6.86. The Morgan fingerprint density at radius 3 is 2.71 bits per heavy atom. The highest BCUT2D eigenvalue weighted by atomic mass is 16.5. The van der Waals surface area contributed by atoms with Gasteiger partial charge in [0.1, 0.15) is 5.75 Å². The van der Waals surface area contributed by atoms with E-state index in [-0.39, 0.29) is 0 Å². The van der Waals surface area contributed by atoms with Gasteiger partial charge in [-0.25, -0.2) is 0 Å². The second-order valence-corrected chi connectivity index (χ2v) is 3.95. The summed E-state index contributed by atoms with van der Waals surface area (Å²) >= 11 is 0. The Morgan fingerprint density at radius 2 is 2.14 bits per heavy atom. The molecule has 0 amide bonds. The van der Waals surface area contributed by atoms with E-state index in [0.29, 0.717) is 6.04 Å². The van der Waals surface area contributed by atoms with Crippen molar-refractivity contribution in [2.75, 3.05) is 12.4 Å². The second-order valence-electron chi connectivity index (χ2n) is 3.95. The van der Waals surface area contributed by atoms with Crippen LogP contribution < -0.4 is 10.1 Å². The summed E-state index contributed by atoms with van der Waals surface area (Å²) in [5.74, 6) is 0.928. The molecule has 1 saturated carbocycles. The Labute approximate surface area is 85.3 Å². The molecule has 1 aliphatic carbocycles. The average molecular weight is 191 g/mol. The molecule has 1 aromatic carbocycles. The molecule has 76 valence electrons. The number of nitrogens with one attached hydrogen (secondary N) is 1. The second kappa shape index (κ2) is 3.91. The molecule has 14 heavy (non-hydrogen) atoms. The minimum atomic E-state index is 0.681. The van der Waals surface area contributed by atoms with Gasteiger partial charge in [0.25, 0.3) is 0 Å². The third kappa shape index (κ3) is 1.84. The average Bonchev–Trinajstić information content (AvgIpc) is 2.14. The van der Waals surface area contributed by atoms with Crippen LogP contribution in [-0.4, -0.2) is 13.2 Å². The van der Waals surface area contributed by atoms with E-state index < -0.39 is 0 Å². The van der Waals surface area contributed by atoms with Crippen LogP contribution in [0.5, 0.6) is 5.75 Å². The van der Waals surface area contributed by atoms with E-state index in [9.17, 15) is 0 Å². The number of aryl methyl sites for hydroxylation is 1. The molecular weight excluding hydrogens is 174 g/mol. The molecule has 0 heterocycles. The summed E-state index contributed by atoms with van der Waals surface area (Å²) in [6.45, 7) is 2.13. The van der Waals surface area contributed by atoms with Gasteiger partial charge >= 0.3 is 0 Å². The topological polar surface area (TPSA) is 21.3 Å². The first-order chi connectivity index (χ1) is 6.79. The lowest BCUT2D eigenvalue weighted by atomic mass is 9.92. The molecule has 0 bridgehead atoms. The van der Waals surface area contributed by atoms with Gasteiger partial charge in [0.2, 0.25) is 0 Å². The quantitative estimate of drug-likeness (QED) is 0.793. The molecule has 0 aliphatic heterocycles. The van der Waals surface area contributed by atoms with Gasteiger partial charge in [0.05, 0.1) is 7.11 Å². The zero-order chi connectivity index (χ0) is 9.97. The minimum Gasteiger partial charge on any atom is -0.497 e. The lowest BCUT2D eigenvalue weighted by Gasteiger charge is -2.28. The van der Waals surface area contributed by atoms with Gasteiger partial charge in [-0.05, 0) is 37.8 Å². The van der Waals surface area contributed by atoms with Gasteiger partial charge in [-0.2, -0.15) is 0 Å². The van der Waals surface area contributed by atoms with Gasteiger partial charge in [-0.3, -0.25) is 0 Å². The van der Waals surface area contributed by atoms with Crippen LogP contribution in [0.25, 0.3) is 0 Å². The zero-order valence-corrected chi connectivity index (χ0v) is 8.84. The number of rotatable bonds is 3. The number of anilines is 1. The first kappa shape index (κ1) is 9.38. The van der Waals surface area contributed by atoms with Crippen LogP contribution in [-0.2, 0) is 0 Å². The molecule has 2 rings (SSSR count). The van der Waals surface area contributed by atoms with Gasteiger partial charge < -0.3 is 10.1 Å². The molecule has 2 nitrogen and oxygen atoms in total. The van der Waals surface area contributed by atoms with Crippen LogP contribution in [0.15, 0.2) is 18.2 Å². The van der Waals surface area contributed by atoms with Crippen LogP contribution in [0, 0.1) is 6.92 Å². The van der Waals surface area contributed by atoms with Crippen LogP contribution in [0.2, 0.25) is 0 Å². The van der Waals surface area contributed by atoms with E-state index in [1.54, 1.807) is 7.11 Å². The third-order valence-corrected chi connectivity index (χ3v) is 2.91. The number of hydrogen-bond donors (Lipinski definition) is 1. The molecule has 1 N–H and O–H groups in total. The minimum absolute atomic E-state index is 0.681. The van der Waals surface area contributed by atoms with Crippen molar-refractivity contribution in [3.8, 4) is 5.75 Å².